The zero-order chi connectivity index (χ0) is 22.5. The van der Waals surface area contributed by atoms with Crippen molar-refractivity contribution in [3.63, 3.8) is 0 Å². The molecule has 0 spiro atoms. The Morgan fingerprint density at radius 3 is 2.50 bits per heavy atom. The fourth-order valence-electron chi connectivity index (χ4n) is 4.48. The molecule has 3 aliphatic rings. The Hall–Kier alpha value is -1.98. The number of aliphatic hydroxyl groups excluding tert-OH is 1. The first kappa shape index (κ1) is 21.8. The third-order valence-corrected chi connectivity index (χ3v) is 8.22. The molecule has 1 saturated carbocycles. The van der Waals surface area contributed by atoms with Gasteiger partial charge < -0.3 is 15.3 Å². The molecule has 2 N–H and O–H groups in total. The molecule has 2 aromatic heterocycles. The summed E-state index contributed by atoms with van der Waals surface area (Å²) >= 11 is 5.87. The summed E-state index contributed by atoms with van der Waals surface area (Å²) in [6.07, 6.45) is 6.32. The van der Waals surface area contributed by atoms with E-state index in [9.17, 15) is 18.1 Å². The largest absolute Gasteiger partial charge is 0.394 e. The van der Waals surface area contributed by atoms with E-state index >= 15 is 0 Å². The van der Waals surface area contributed by atoms with Crippen LogP contribution < -0.4 is 10.2 Å². The second-order valence-corrected chi connectivity index (χ2v) is 10.6. The maximum absolute atomic E-state index is 14.3. The minimum atomic E-state index is -3.38. The van der Waals surface area contributed by atoms with Gasteiger partial charge in [-0.2, -0.15) is 13.8 Å². The number of rotatable bonds is 5. The van der Waals surface area contributed by atoms with Crippen LogP contribution in [0.15, 0.2) is 17.3 Å². The zero-order valence-electron chi connectivity index (χ0n) is 17.2. The summed E-state index contributed by atoms with van der Waals surface area (Å²) in [5, 5.41) is 10.1. The fourth-order valence-corrected chi connectivity index (χ4v) is 5.75. The van der Waals surface area contributed by atoms with Crippen molar-refractivity contribution in [3.8, 4) is 0 Å². The number of alkyl halides is 2. The van der Waals surface area contributed by atoms with Crippen LogP contribution in [0.2, 0.25) is 5.02 Å². The highest BCUT2D eigenvalue weighted by Crippen LogP contribution is 2.44. The van der Waals surface area contributed by atoms with E-state index < -0.39 is 28.0 Å². The molecule has 2 fully saturated rings. The maximum atomic E-state index is 14.3. The van der Waals surface area contributed by atoms with Crippen LogP contribution in [0.3, 0.4) is 0 Å². The molecule has 2 aliphatic heterocycles. The van der Waals surface area contributed by atoms with Gasteiger partial charge in [-0.1, -0.05) is 11.6 Å². The van der Waals surface area contributed by atoms with E-state index in [1.807, 2.05) is 4.90 Å². The van der Waals surface area contributed by atoms with Crippen LogP contribution >= 0.6 is 11.6 Å². The van der Waals surface area contributed by atoms with Gasteiger partial charge in [-0.25, -0.2) is 19.2 Å². The van der Waals surface area contributed by atoms with Crippen LogP contribution in [0.1, 0.15) is 49.5 Å². The topological polar surface area (TPSA) is 104 Å². The first-order valence-corrected chi connectivity index (χ1v) is 12.2. The molecule has 12 heteroatoms. The third kappa shape index (κ3) is 3.84. The van der Waals surface area contributed by atoms with Gasteiger partial charge in [0.2, 0.25) is 5.95 Å². The van der Waals surface area contributed by atoms with E-state index in [1.54, 1.807) is 12.4 Å². The van der Waals surface area contributed by atoms with Crippen molar-refractivity contribution in [2.45, 2.75) is 60.1 Å². The van der Waals surface area contributed by atoms with Crippen LogP contribution in [0.5, 0.6) is 0 Å². The Balaban J connectivity index is 1.41. The highest BCUT2D eigenvalue weighted by atomic mass is 35.5. The predicted molar refractivity (Wildman–Crippen MR) is 116 cm³/mol. The van der Waals surface area contributed by atoms with Crippen molar-refractivity contribution in [1.29, 1.82) is 0 Å². The summed E-state index contributed by atoms with van der Waals surface area (Å²) in [7, 11) is -2.53. The number of nitrogens with one attached hydrogen (secondary N) is 1. The monoisotopic (exact) mass is 484 g/mol. The molecule has 5 rings (SSSR count). The van der Waals surface area contributed by atoms with E-state index in [0.29, 0.717) is 36.9 Å². The van der Waals surface area contributed by atoms with E-state index in [0.717, 1.165) is 25.1 Å². The number of fused-ring (bicyclic) bond motifs is 1. The molecular weight excluding hydrogens is 462 g/mol. The molecule has 8 nitrogen and oxygen atoms in total. The Bertz CT molecular complexity index is 1040. The van der Waals surface area contributed by atoms with Crippen molar-refractivity contribution in [2.24, 2.45) is 0 Å². The van der Waals surface area contributed by atoms with Gasteiger partial charge in [0.15, 0.2) is 0 Å². The molecular formula is C20H23ClF2N6O2S. The van der Waals surface area contributed by atoms with Crippen molar-refractivity contribution in [1.82, 2.24) is 19.9 Å². The number of aromatic nitrogens is 4. The summed E-state index contributed by atoms with van der Waals surface area (Å²) in [6.45, 7) is 1.08. The normalized spacial score (nSPS) is 24.1. The lowest BCUT2D eigenvalue weighted by atomic mass is 9.77. The molecule has 0 aromatic carbocycles. The smallest absolute Gasteiger partial charge is 0.331 e. The number of hydrogen-bond acceptors (Lipinski definition) is 8. The summed E-state index contributed by atoms with van der Waals surface area (Å²) in [6, 6.07) is 0. The number of anilines is 2. The standard InChI is InChI=1S/C20H23ClF2N6O2S/c21-13-9-24-16(25-10-13)12-2-6-29(7-3-12)18-26-14-8-20(22,23)32(31)15(14)17(27-18)28-19(11-30)4-1-5-19/h9-10,12,30H,1-8,11H2,(H,26,27,28). The van der Waals surface area contributed by atoms with Crippen LogP contribution in [0, 0.1) is 0 Å². The highest BCUT2D eigenvalue weighted by molar-refractivity contribution is 7.86. The lowest BCUT2D eigenvalue weighted by Gasteiger charge is -2.41. The summed E-state index contributed by atoms with van der Waals surface area (Å²) < 4.78 is 41.0. The van der Waals surface area contributed by atoms with Crippen LogP contribution in [0.4, 0.5) is 20.5 Å². The molecule has 1 saturated heterocycles. The van der Waals surface area contributed by atoms with Gasteiger partial charge in [0.1, 0.15) is 27.3 Å². The van der Waals surface area contributed by atoms with Gasteiger partial charge in [0.25, 0.3) is 0 Å². The lowest BCUT2D eigenvalue weighted by Crippen LogP contribution is -2.49. The summed E-state index contributed by atoms with van der Waals surface area (Å²) in [5.74, 6) is 1.39. The van der Waals surface area contributed by atoms with Gasteiger partial charge in [0.05, 0.1) is 29.3 Å². The molecule has 4 heterocycles. The van der Waals surface area contributed by atoms with Crippen molar-refractivity contribution in [3.05, 3.63) is 28.9 Å². The minimum Gasteiger partial charge on any atom is -0.394 e. The maximum Gasteiger partial charge on any atom is 0.331 e. The highest BCUT2D eigenvalue weighted by Gasteiger charge is 2.50. The van der Waals surface area contributed by atoms with Gasteiger partial charge in [0, 0.05) is 31.4 Å². The van der Waals surface area contributed by atoms with Crippen molar-refractivity contribution >= 4 is 34.2 Å². The number of aliphatic hydroxyl groups is 1. The van der Waals surface area contributed by atoms with Crippen LogP contribution in [-0.2, 0) is 17.2 Å². The van der Waals surface area contributed by atoms with E-state index in [2.05, 4.69) is 25.3 Å². The second kappa shape index (κ2) is 8.11. The van der Waals surface area contributed by atoms with E-state index in [1.165, 1.54) is 0 Å². The zero-order valence-corrected chi connectivity index (χ0v) is 18.8. The Morgan fingerprint density at radius 2 is 1.91 bits per heavy atom. The van der Waals surface area contributed by atoms with Gasteiger partial charge in [-0.3, -0.25) is 0 Å². The third-order valence-electron chi connectivity index (χ3n) is 6.53. The predicted octanol–water partition coefficient (Wildman–Crippen LogP) is 2.89. The SMILES string of the molecule is O=S1c2c(nc(N3CCC(c4ncc(Cl)cn4)CC3)nc2NC2(CO)CCC2)CC1(F)F. The Kier molecular flexibility index (Phi) is 5.53. The second-order valence-electron chi connectivity index (χ2n) is 8.67. The number of halogens is 3. The molecule has 1 aliphatic carbocycles. The van der Waals surface area contributed by atoms with Crippen LogP contribution in [0.25, 0.3) is 0 Å². The lowest BCUT2D eigenvalue weighted by molar-refractivity contribution is 0.104. The van der Waals surface area contributed by atoms with Gasteiger partial charge in [-0.15, -0.1) is 0 Å². The average molecular weight is 485 g/mol. The average Bonchev–Trinajstić information content (AvgIpc) is 2.99. The number of piperidine rings is 1. The molecule has 2 aromatic rings. The van der Waals surface area contributed by atoms with Crippen molar-refractivity contribution in [2.75, 3.05) is 29.9 Å². The summed E-state index contributed by atoms with van der Waals surface area (Å²) in [5.41, 5.74) is -0.503. The molecule has 172 valence electrons. The van der Waals surface area contributed by atoms with Gasteiger partial charge >= 0.3 is 5.25 Å². The molecule has 1 unspecified atom stereocenters. The first-order chi connectivity index (χ1) is 15.3. The quantitative estimate of drug-likeness (QED) is 0.667. The van der Waals surface area contributed by atoms with Gasteiger partial charge in [-0.05, 0) is 32.1 Å². The number of hydrogen-bond donors (Lipinski definition) is 2. The van der Waals surface area contributed by atoms with E-state index in [4.69, 9.17) is 11.6 Å². The fraction of sp³-hybridized carbons (Fsp3) is 0.600. The molecule has 0 radical (unpaired) electrons. The summed E-state index contributed by atoms with van der Waals surface area (Å²) in [4.78, 5) is 19.4. The van der Waals surface area contributed by atoms with E-state index in [-0.39, 0.29) is 28.9 Å². The minimum absolute atomic E-state index is 0.0390. The van der Waals surface area contributed by atoms with Crippen molar-refractivity contribution < 1.29 is 18.1 Å². The van der Waals surface area contributed by atoms with Crippen LogP contribution in [-0.4, -0.2) is 59.7 Å². The Morgan fingerprint density at radius 1 is 1.22 bits per heavy atom. The molecule has 0 amide bonds. The molecule has 1 atom stereocenters. The molecule has 32 heavy (non-hydrogen) atoms. The number of nitrogens with zero attached hydrogens (tertiary/aromatic N) is 5. The first-order valence-electron chi connectivity index (χ1n) is 10.6. The Labute approximate surface area is 191 Å². The molecule has 0 bridgehead atoms.